The zero-order valence-electron chi connectivity index (χ0n) is 15.1. The second-order valence-electron chi connectivity index (χ2n) is 7.83. The van der Waals surface area contributed by atoms with E-state index in [1.165, 1.54) is 31.2 Å². The number of aromatic nitrogens is 2. The van der Waals surface area contributed by atoms with Crippen molar-refractivity contribution < 1.29 is 4.79 Å². The molecule has 2 heterocycles. The molecule has 132 valence electrons. The Kier molecular flexibility index (Phi) is 4.37. The van der Waals surface area contributed by atoms with Gasteiger partial charge in [-0.1, -0.05) is 12.8 Å². The third-order valence-corrected chi connectivity index (χ3v) is 6.39. The van der Waals surface area contributed by atoms with Crippen molar-refractivity contribution in [1.29, 1.82) is 0 Å². The highest BCUT2D eigenvalue weighted by molar-refractivity contribution is 5.82. The molecule has 3 fully saturated rings. The van der Waals surface area contributed by atoms with Gasteiger partial charge < -0.3 is 4.90 Å². The zero-order chi connectivity index (χ0) is 16.7. The summed E-state index contributed by atoms with van der Waals surface area (Å²) in [6.07, 6.45) is 7.43. The van der Waals surface area contributed by atoms with Gasteiger partial charge in [0.2, 0.25) is 5.91 Å². The SMILES string of the molecule is CCn1cc(CN2CCN(C(=O)C3C4CCCCC43)CC2)c(C)n1. The molecule has 1 aromatic heterocycles. The van der Waals surface area contributed by atoms with Crippen LogP contribution in [-0.2, 0) is 17.9 Å². The lowest BCUT2D eigenvalue weighted by Gasteiger charge is -2.35. The molecule has 0 bridgehead atoms. The quantitative estimate of drug-likeness (QED) is 0.850. The Morgan fingerprint density at radius 1 is 1.17 bits per heavy atom. The van der Waals surface area contributed by atoms with Gasteiger partial charge in [0.25, 0.3) is 0 Å². The largest absolute Gasteiger partial charge is 0.340 e. The van der Waals surface area contributed by atoms with Crippen LogP contribution in [0.3, 0.4) is 0 Å². The molecule has 1 aromatic rings. The fraction of sp³-hybridized carbons (Fsp3) is 0.789. The van der Waals surface area contributed by atoms with Gasteiger partial charge in [0, 0.05) is 56.9 Å². The highest BCUT2D eigenvalue weighted by Crippen LogP contribution is 2.56. The number of hydrogen-bond donors (Lipinski definition) is 0. The van der Waals surface area contributed by atoms with Crippen LogP contribution in [0.5, 0.6) is 0 Å². The fourth-order valence-electron chi connectivity index (χ4n) is 4.81. The Morgan fingerprint density at radius 2 is 1.83 bits per heavy atom. The summed E-state index contributed by atoms with van der Waals surface area (Å²) in [5, 5.41) is 4.54. The highest BCUT2D eigenvalue weighted by atomic mass is 16.2. The highest BCUT2D eigenvalue weighted by Gasteiger charge is 2.55. The van der Waals surface area contributed by atoms with Crippen LogP contribution in [0.1, 0.15) is 43.9 Å². The molecule has 1 amide bonds. The average Bonchev–Trinajstić information content (AvgIpc) is 3.24. The summed E-state index contributed by atoms with van der Waals surface area (Å²) in [6.45, 7) is 9.88. The van der Waals surface area contributed by atoms with Crippen LogP contribution in [0, 0.1) is 24.7 Å². The summed E-state index contributed by atoms with van der Waals surface area (Å²) in [7, 11) is 0. The Hall–Kier alpha value is -1.36. The molecular weight excluding hydrogens is 300 g/mol. The topological polar surface area (TPSA) is 41.4 Å². The van der Waals surface area contributed by atoms with Crippen LogP contribution >= 0.6 is 0 Å². The average molecular weight is 330 g/mol. The first-order valence-corrected chi connectivity index (χ1v) is 9.71. The molecule has 2 aliphatic carbocycles. The van der Waals surface area contributed by atoms with E-state index in [1.807, 2.05) is 4.68 Å². The summed E-state index contributed by atoms with van der Waals surface area (Å²) < 4.78 is 2.01. The van der Waals surface area contributed by atoms with E-state index in [1.54, 1.807) is 0 Å². The van der Waals surface area contributed by atoms with Gasteiger partial charge in [-0.15, -0.1) is 0 Å². The van der Waals surface area contributed by atoms with E-state index in [0.29, 0.717) is 11.8 Å². The van der Waals surface area contributed by atoms with Crippen LogP contribution in [-0.4, -0.2) is 51.7 Å². The van der Waals surface area contributed by atoms with Gasteiger partial charge in [-0.25, -0.2) is 0 Å². The van der Waals surface area contributed by atoms with Gasteiger partial charge >= 0.3 is 0 Å². The second kappa shape index (κ2) is 6.51. The standard InChI is InChI=1S/C19H30N4O/c1-3-23-13-15(14(2)20-23)12-21-8-10-22(11-9-21)19(24)18-16-6-4-5-7-17(16)18/h13,16-18H,3-12H2,1-2H3. The van der Waals surface area contributed by atoms with Gasteiger partial charge in [0.05, 0.1) is 5.69 Å². The van der Waals surface area contributed by atoms with Crippen LogP contribution in [0.25, 0.3) is 0 Å². The van der Waals surface area contributed by atoms with Crippen LogP contribution in [0.15, 0.2) is 6.20 Å². The van der Waals surface area contributed by atoms with Crippen molar-refractivity contribution >= 4 is 5.91 Å². The first-order chi connectivity index (χ1) is 11.7. The summed E-state index contributed by atoms with van der Waals surface area (Å²) in [6, 6.07) is 0. The van der Waals surface area contributed by atoms with Crippen LogP contribution in [0.2, 0.25) is 0 Å². The van der Waals surface area contributed by atoms with Crippen molar-refractivity contribution in [3.63, 3.8) is 0 Å². The predicted molar refractivity (Wildman–Crippen MR) is 93.4 cm³/mol. The van der Waals surface area contributed by atoms with E-state index in [2.05, 4.69) is 34.9 Å². The summed E-state index contributed by atoms with van der Waals surface area (Å²) >= 11 is 0. The van der Waals surface area contributed by atoms with Crippen molar-refractivity contribution in [3.8, 4) is 0 Å². The lowest BCUT2D eigenvalue weighted by atomic mass is 10.0. The van der Waals surface area contributed by atoms with Crippen LogP contribution in [0.4, 0.5) is 0 Å². The minimum Gasteiger partial charge on any atom is -0.340 e. The number of hydrogen-bond acceptors (Lipinski definition) is 3. The van der Waals surface area contributed by atoms with E-state index >= 15 is 0 Å². The third-order valence-electron chi connectivity index (χ3n) is 6.39. The molecule has 2 atom stereocenters. The Labute approximate surface area is 145 Å². The van der Waals surface area contributed by atoms with E-state index in [4.69, 9.17) is 0 Å². The number of fused-ring (bicyclic) bond motifs is 1. The van der Waals surface area contributed by atoms with Crippen molar-refractivity contribution in [2.24, 2.45) is 17.8 Å². The fourth-order valence-corrected chi connectivity index (χ4v) is 4.81. The molecule has 2 saturated carbocycles. The molecule has 5 heteroatoms. The van der Waals surface area contributed by atoms with E-state index in [0.717, 1.165) is 56.8 Å². The number of amides is 1. The van der Waals surface area contributed by atoms with E-state index in [9.17, 15) is 4.79 Å². The molecule has 1 aliphatic heterocycles. The lowest BCUT2D eigenvalue weighted by Crippen LogP contribution is -2.49. The molecule has 0 radical (unpaired) electrons. The molecule has 3 aliphatic rings. The molecule has 5 nitrogen and oxygen atoms in total. The maximum atomic E-state index is 12.8. The van der Waals surface area contributed by atoms with Crippen molar-refractivity contribution in [1.82, 2.24) is 19.6 Å². The number of aryl methyl sites for hydroxylation is 2. The number of piperazine rings is 1. The van der Waals surface area contributed by atoms with Crippen LogP contribution < -0.4 is 0 Å². The molecule has 4 rings (SSSR count). The van der Waals surface area contributed by atoms with Crippen molar-refractivity contribution in [3.05, 3.63) is 17.5 Å². The minimum atomic E-state index is 0.379. The number of rotatable bonds is 4. The summed E-state index contributed by atoms with van der Waals surface area (Å²) in [5.41, 5.74) is 2.46. The number of carbonyl (C=O) groups is 1. The number of nitrogens with zero attached hydrogens (tertiary/aromatic N) is 4. The van der Waals surface area contributed by atoms with Gasteiger partial charge in [0.1, 0.15) is 0 Å². The molecule has 0 N–H and O–H groups in total. The molecule has 1 saturated heterocycles. The van der Waals surface area contributed by atoms with E-state index in [-0.39, 0.29) is 0 Å². The normalized spacial score (nSPS) is 30.2. The molecular formula is C19H30N4O. The number of carbonyl (C=O) groups excluding carboxylic acids is 1. The van der Waals surface area contributed by atoms with Gasteiger partial charge in [-0.2, -0.15) is 5.10 Å². The smallest absolute Gasteiger partial charge is 0.226 e. The molecule has 2 unspecified atom stereocenters. The predicted octanol–water partition coefficient (Wildman–Crippen LogP) is 2.29. The Bertz CT molecular complexity index is 591. The maximum absolute atomic E-state index is 12.8. The van der Waals surface area contributed by atoms with Gasteiger partial charge in [-0.05, 0) is 38.5 Å². The Balaban J connectivity index is 1.29. The van der Waals surface area contributed by atoms with Gasteiger partial charge in [0.15, 0.2) is 0 Å². The molecule has 0 spiro atoms. The molecule has 24 heavy (non-hydrogen) atoms. The maximum Gasteiger partial charge on any atom is 0.226 e. The third kappa shape index (κ3) is 2.99. The van der Waals surface area contributed by atoms with Gasteiger partial charge in [-0.3, -0.25) is 14.4 Å². The summed E-state index contributed by atoms with van der Waals surface area (Å²) in [5.74, 6) is 2.30. The minimum absolute atomic E-state index is 0.379. The lowest BCUT2D eigenvalue weighted by molar-refractivity contribution is -0.135. The summed E-state index contributed by atoms with van der Waals surface area (Å²) in [4.78, 5) is 17.4. The van der Waals surface area contributed by atoms with E-state index < -0.39 is 0 Å². The second-order valence-corrected chi connectivity index (χ2v) is 7.83. The van der Waals surface area contributed by atoms with Crippen molar-refractivity contribution in [2.45, 2.75) is 52.6 Å². The first kappa shape index (κ1) is 16.1. The van der Waals surface area contributed by atoms with Crippen molar-refractivity contribution in [2.75, 3.05) is 26.2 Å². The monoisotopic (exact) mass is 330 g/mol. The Morgan fingerprint density at radius 3 is 2.42 bits per heavy atom. The zero-order valence-corrected chi connectivity index (χ0v) is 15.1. The molecule has 0 aromatic carbocycles. The first-order valence-electron chi connectivity index (χ1n) is 9.71.